The number of rotatable bonds is 6. The Kier molecular flexibility index (Phi) is 6.04. The van der Waals surface area contributed by atoms with Crippen molar-refractivity contribution in [2.24, 2.45) is 7.05 Å². The van der Waals surface area contributed by atoms with Gasteiger partial charge in [-0.1, -0.05) is 60.3 Å². The smallest absolute Gasteiger partial charge is 0.295 e. The summed E-state index contributed by atoms with van der Waals surface area (Å²) in [5, 5.41) is 6.57. The van der Waals surface area contributed by atoms with Crippen molar-refractivity contribution in [3.8, 4) is 16.8 Å². The van der Waals surface area contributed by atoms with E-state index in [2.05, 4.69) is 20.7 Å². The summed E-state index contributed by atoms with van der Waals surface area (Å²) in [6.07, 6.45) is 1.52. The molecule has 9 heteroatoms. The van der Waals surface area contributed by atoms with Crippen molar-refractivity contribution in [1.29, 1.82) is 0 Å². The number of para-hydroxylation sites is 1. The number of nitrogens with one attached hydrogen (secondary N) is 1. The fourth-order valence-corrected chi connectivity index (χ4v) is 5.60. The molecule has 0 atom stereocenters. The summed E-state index contributed by atoms with van der Waals surface area (Å²) in [5.41, 5.74) is 3.57. The summed E-state index contributed by atoms with van der Waals surface area (Å²) in [6.45, 7) is 1.81. The fourth-order valence-electron chi connectivity index (χ4n) is 3.81. The molecule has 3 heterocycles. The first-order valence-electron chi connectivity index (χ1n) is 10.6. The largest absolute Gasteiger partial charge is 0.319 e. The number of amides is 1. The van der Waals surface area contributed by atoms with E-state index in [4.69, 9.17) is 0 Å². The Hall–Kier alpha value is -3.69. The van der Waals surface area contributed by atoms with Crippen LogP contribution in [-0.4, -0.2) is 31.0 Å². The molecule has 0 bridgehead atoms. The van der Waals surface area contributed by atoms with Gasteiger partial charge in [0.1, 0.15) is 21.9 Å². The van der Waals surface area contributed by atoms with Gasteiger partial charge in [0, 0.05) is 18.0 Å². The lowest BCUT2D eigenvalue weighted by molar-refractivity contribution is -0.113. The van der Waals surface area contributed by atoms with Gasteiger partial charge in [0.05, 0.1) is 22.5 Å². The molecule has 0 aliphatic heterocycles. The SMILES string of the molecule is Cc1c(NC(=O)CSc2ncnc3scc(-c4ccccc4)c23)c(=O)n(-c2ccccc2)n1C. The third-order valence-corrected chi connectivity index (χ3v) is 7.45. The minimum atomic E-state index is -0.266. The van der Waals surface area contributed by atoms with Crippen LogP contribution in [0.3, 0.4) is 0 Å². The third-order valence-electron chi connectivity index (χ3n) is 5.58. The van der Waals surface area contributed by atoms with E-state index in [1.165, 1.54) is 18.1 Å². The highest BCUT2D eigenvalue weighted by Crippen LogP contribution is 2.37. The molecule has 7 nitrogen and oxygen atoms in total. The highest BCUT2D eigenvalue weighted by molar-refractivity contribution is 8.00. The van der Waals surface area contributed by atoms with Crippen molar-refractivity contribution in [3.05, 3.63) is 88.4 Å². The maximum absolute atomic E-state index is 13.1. The lowest BCUT2D eigenvalue weighted by Gasteiger charge is -2.07. The molecule has 0 aliphatic carbocycles. The monoisotopic (exact) mass is 487 g/mol. The van der Waals surface area contributed by atoms with Crippen LogP contribution in [0.5, 0.6) is 0 Å². The molecule has 0 radical (unpaired) electrons. The van der Waals surface area contributed by atoms with E-state index < -0.39 is 0 Å². The highest BCUT2D eigenvalue weighted by atomic mass is 32.2. The Labute approximate surface area is 204 Å². The number of hydrogen-bond donors (Lipinski definition) is 1. The van der Waals surface area contributed by atoms with Crippen LogP contribution in [0.15, 0.2) is 82.2 Å². The quantitative estimate of drug-likeness (QED) is 0.273. The number of nitrogens with zero attached hydrogens (tertiary/aromatic N) is 4. The lowest BCUT2D eigenvalue weighted by atomic mass is 10.1. The average molecular weight is 488 g/mol. The van der Waals surface area contributed by atoms with Crippen LogP contribution in [0.2, 0.25) is 0 Å². The van der Waals surface area contributed by atoms with E-state index in [-0.39, 0.29) is 22.9 Å². The minimum absolute atomic E-state index is 0.120. The molecule has 1 N–H and O–H groups in total. The standard InChI is InChI=1S/C25H21N5O2S2/c1-16-22(25(32)30(29(16)2)18-11-7-4-8-12-18)28-20(31)14-34-24-21-19(17-9-5-3-6-10-17)13-33-23(21)26-15-27-24/h3-13,15H,14H2,1-2H3,(H,28,31). The molecule has 2 aromatic carbocycles. The van der Waals surface area contributed by atoms with E-state index in [1.54, 1.807) is 27.7 Å². The second-order valence-corrected chi connectivity index (χ2v) is 9.47. The summed E-state index contributed by atoms with van der Waals surface area (Å²) in [7, 11) is 1.80. The minimum Gasteiger partial charge on any atom is -0.319 e. The molecule has 0 aliphatic rings. The zero-order valence-electron chi connectivity index (χ0n) is 18.6. The molecule has 34 heavy (non-hydrogen) atoms. The molecule has 5 aromatic rings. The lowest BCUT2D eigenvalue weighted by Crippen LogP contribution is -2.23. The molecule has 0 fully saturated rings. The third kappa shape index (κ3) is 4.04. The Morgan fingerprint density at radius 1 is 1.06 bits per heavy atom. The van der Waals surface area contributed by atoms with Crippen LogP contribution >= 0.6 is 23.1 Å². The van der Waals surface area contributed by atoms with Crippen LogP contribution < -0.4 is 10.9 Å². The van der Waals surface area contributed by atoms with Crippen molar-refractivity contribution in [2.75, 3.05) is 11.1 Å². The second-order valence-electron chi connectivity index (χ2n) is 7.65. The zero-order chi connectivity index (χ0) is 23.7. The van der Waals surface area contributed by atoms with Crippen LogP contribution in [0.25, 0.3) is 27.0 Å². The number of carbonyl (C=O) groups is 1. The van der Waals surface area contributed by atoms with Crippen LogP contribution in [0, 0.1) is 6.92 Å². The van der Waals surface area contributed by atoms with Gasteiger partial charge in [0.25, 0.3) is 5.56 Å². The number of thiophene rings is 1. The van der Waals surface area contributed by atoms with E-state index in [1.807, 2.05) is 67.6 Å². The average Bonchev–Trinajstić information content (AvgIpc) is 3.39. The van der Waals surface area contributed by atoms with Crippen molar-refractivity contribution >= 4 is 44.9 Å². The van der Waals surface area contributed by atoms with Gasteiger partial charge < -0.3 is 5.32 Å². The highest BCUT2D eigenvalue weighted by Gasteiger charge is 2.19. The van der Waals surface area contributed by atoms with Gasteiger partial charge in [-0.2, -0.15) is 0 Å². The molecule has 5 rings (SSSR count). The van der Waals surface area contributed by atoms with Crippen LogP contribution in [0.1, 0.15) is 5.69 Å². The van der Waals surface area contributed by atoms with Crippen LogP contribution in [-0.2, 0) is 11.8 Å². The number of thioether (sulfide) groups is 1. The first-order valence-corrected chi connectivity index (χ1v) is 12.5. The number of benzene rings is 2. The number of fused-ring (bicyclic) bond motifs is 1. The van der Waals surface area contributed by atoms with Crippen molar-refractivity contribution in [1.82, 2.24) is 19.3 Å². The van der Waals surface area contributed by atoms with Gasteiger partial charge >= 0.3 is 0 Å². The first-order chi connectivity index (χ1) is 16.5. The Balaban J connectivity index is 1.38. The van der Waals surface area contributed by atoms with Gasteiger partial charge in [-0.15, -0.1) is 11.3 Å². The summed E-state index contributed by atoms with van der Waals surface area (Å²) >= 11 is 2.89. The molecular weight excluding hydrogens is 466 g/mol. The Morgan fingerprint density at radius 2 is 1.76 bits per heavy atom. The van der Waals surface area contributed by atoms with Gasteiger partial charge in [-0.3, -0.25) is 14.3 Å². The number of hydrogen-bond acceptors (Lipinski definition) is 6. The molecule has 0 unspecified atom stereocenters. The van der Waals surface area contributed by atoms with Gasteiger partial charge in [0.2, 0.25) is 5.91 Å². The van der Waals surface area contributed by atoms with Gasteiger partial charge in [-0.05, 0) is 24.6 Å². The number of anilines is 1. The van der Waals surface area contributed by atoms with Crippen molar-refractivity contribution < 1.29 is 4.79 Å². The summed E-state index contributed by atoms with van der Waals surface area (Å²) in [4.78, 5) is 35.6. The summed E-state index contributed by atoms with van der Waals surface area (Å²) < 4.78 is 3.29. The summed E-state index contributed by atoms with van der Waals surface area (Å²) in [5.74, 6) is -0.144. The zero-order valence-corrected chi connectivity index (χ0v) is 20.2. The van der Waals surface area contributed by atoms with E-state index in [0.29, 0.717) is 5.69 Å². The fraction of sp³-hybridized carbons (Fsp3) is 0.120. The van der Waals surface area contributed by atoms with E-state index in [0.717, 1.165) is 32.1 Å². The Morgan fingerprint density at radius 3 is 2.50 bits per heavy atom. The van der Waals surface area contributed by atoms with Crippen molar-refractivity contribution in [3.63, 3.8) is 0 Å². The maximum atomic E-state index is 13.1. The molecule has 0 saturated heterocycles. The number of carbonyl (C=O) groups excluding carboxylic acids is 1. The van der Waals surface area contributed by atoms with E-state index in [9.17, 15) is 9.59 Å². The topological polar surface area (TPSA) is 81.8 Å². The van der Waals surface area contributed by atoms with E-state index >= 15 is 0 Å². The Bertz CT molecular complexity index is 1540. The molecular formula is C25H21N5O2S2. The molecule has 0 saturated carbocycles. The molecule has 3 aromatic heterocycles. The predicted octanol–water partition coefficient (Wildman–Crippen LogP) is 4.89. The molecule has 170 valence electrons. The van der Waals surface area contributed by atoms with Gasteiger partial charge in [0.15, 0.2) is 0 Å². The maximum Gasteiger partial charge on any atom is 0.295 e. The van der Waals surface area contributed by atoms with Crippen molar-refractivity contribution in [2.45, 2.75) is 11.9 Å². The second kappa shape index (κ2) is 9.28. The predicted molar refractivity (Wildman–Crippen MR) is 138 cm³/mol. The number of aromatic nitrogens is 4. The van der Waals surface area contributed by atoms with Gasteiger partial charge in [-0.25, -0.2) is 14.6 Å². The molecule has 1 amide bonds. The summed E-state index contributed by atoms with van der Waals surface area (Å²) in [6, 6.07) is 19.4. The van der Waals surface area contributed by atoms with Crippen LogP contribution in [0.4, 0.5) is 5.69 Å². The molecule has 0 spiro atoms. The first kappa shape index (κ1) is 22.1. The normalized spacial score (nSPS) is 11.1.